The molecule has 0 spiro atoms. The first-order valence-corrected chi connectivity index (χ1v) is 9.62. The highest BCUT2D eigenvalue weighted by atomic mass is 127. The first kappa shape index (κ1) is 22.4. The molecule has 1 aliphatic heterocycles. The van der Waals surface area contributed by atoms with Crippen molar-refractivity contribution in [1.82, 2.24) is 20.2 Å². The van der Waals surface area contributed by atoms with Crippen LogP contribution >= 0.6 is 24.0 Å². The zero-order valence-corrected chi connectivity index (χ0v) is 19.5. The molecular formula is C20H31IN6O. The van der Waals surface area contributed by atoms with E-state index in [0.29, 0.717) is 12.4 Å². The number of nitrogens with one attached hydrogen (secondary N) is 1. The Morgan fingerprint density at radius 1 is 1.18 bits per heavy atom. The van der Waals surface area contributed by atoms with Crippen molar-refractivity contribution in [1.29, 1.82) is 0 Å². The minimum absolute atomic E-state index is 0. The van der Waals surface area contributed by atoms with Gasteiger partial charge in [-0.3, -0.25) is 0 Å². The fraction of sp³-hybridized carbons (Fsp3) is 0.550. The van der Waals surface area contributed by atoms with E-state index in [1.165, 1.54) is 0 Å². The molecule has 0 saturated carbocycles. The topological polar surface area (TPSA) is 69.8 Å². The lowest BCUT2D eigenvalue weighted by molar-refractivity contribution is 0.366. The van der Waals surface area contributed by atoms with E-state index < -0.39 is 0 Å². The summed E-state index contributed by atoms with van der Waals surface area (Å²) < 4.78 is 5.86. The Labute approximate surface area is 184 Å². The summed E-state index contributed by atoms with van der Waals surface area (Å²) >= 11 is 0. The Hall–Kier alpha value is -1.84. The van der Waals surface area contributed by atoms with E-state index >= 15 is 0 Å². The van der Waals surface area contributed by atoms with Crippen molar-refractivity contribution in [2.75, 3.05) is 37.6 Å². The zero-order valence-electron chi connectivity index (χ0n) is 17.2. The molecule has 1 N–H and O–H groups in total. The summed E-state index contributed by atoms with van der Waals surface area (Å²) in [7, 11) is 0. The Kier molecular flexibility index (Phi) is 8.09. The molecule has 0 aliphatic carbocycles. The average Bonchev–Trinajstić information content (AvgIpc) is 3.16. The molecule has 0 bridgehead atoms. The number of pyridine rings is 1. The van der Waals surface area contributed by atoms with Crippen molar-refractivity contribution in [2.24, 2.45) is 4.99 Å². The largest absolute Gasteiger partial charge is 0.443 e. The molecule has 2 aromatic heterocycles. The number of rotatable bonds is 4. The number of hydrogen-bond acceptors (Lipinski definition) is 5. The van der Waals surface area contributed by atoms with Crippen molar-refractivity contribution in [3.8, 4) is 0 Å². The maximum absolute atomic E-state index is 5.86. The molecular weight excluding hydrogens is 467 g/mol. The van der Waals surface area contributed by atoms with E-state index in [0.717, 1.165) is 50.3 Å². The molecule has 7 nitrogen and oxygen atoms in total. The predicted molar refractivity (Wildman–Crippen MR) is 123 cm³/mol. The molecule has 2 aromatic rings. The molecule has 0 amide bonds. The van der Waals surface area contributed by atoms with Crippen LogP contribution in [0.5, 0.6) is 0 Å². The number of halogens is 1. The van der Waals surface area contributed by atoms with Gasteiger partial charge in [0.1, 0.15) is 18.1 Å². The Balaban J connectivity index is 0.00000280. The summed E-state index contributed by atoms with van der Waals surface area (Å²) in [5, 5.41) is 3.39. The summed E-state index contributed by atoms with van der Waals surface area (Å²) in [6.07, 6.45) is 3.65. The van der Waals surface area contributed by atoms with Crippen LogP contribution in [0.1, 0.15) is 39.3 Å². The van der Waals surface area contributed by atoms with E-state index in [4.69, 9.17) is 9.41 Å². The smallest absolute Gasteiger partial charge is 0.216 e. The van der Waals surface area contributed by atoms with Gasteiger partial charge in [-0.2, -0.15) is 0 Å². The number of aromatic nitrogens is 2. The Morgan fingerprint density at radius 2 is 1.93 bits per heavy atom. The van der Waals surface area contributed by atoms with Gasteiger partial charge in [-0.1, -0.05) is 26.8 Å². The highest BCUT2D eigenvalue weighted by molar-refractivity contribution is 14.0. The maximum Gasteiger partial charge on any atom is 0.216 e. The summed E-state index contributed by atoms with van der Waals surface area (Å²) in [6.45, 7) is 13.4. The number of guanidine groups is 1. The SMILES string of the molecule is CCNC(=NCc1ncc(C(C)(C)C)o1)N1CCN(c2ccccn2)CC1.I. The van der Waals surface area contributed by atoms with Crippen LogP contribution in [-0.2, 0) is 12.0 Å². The maximum atomic E-state index is 5.86. The third kappa shape index (κ3) is 5.83. The number of nitrogens with zero attached hydrogens (tertiary/aromatic N) is 5. The number of oxazole rings is 1. The van der Waals surface area contributed by atoms with Crippen LogP contribution in [0.3, 0.4) is 0 Å². The second-order valence-corrected chi connectivity index (χ2v) is 7.70. The molecule has 0 radical (unpaired) electrons. The highest BCUT2D eigenvalue weighted by Crippen LogP contribution is 2.22. The fourth-order valence-corrected chi connectivity index (χ4v) is 2.99. The van der Waals surface area contributed by atoms with Crippen molar-refractivity contribution < 1.29 is 4.42 Å². The molecule has 28 heavy (non-hydrogen) atoms. The summed E-state index contributed by atoms with van der Waals surface area (Å²) in [4.78, 5) is 18.2. The third-order valence-electron chi connectivity index (χ3n) is 4.54. The number of hydrogen-bond donors (Lipinski definition) is 1. The van der Waals surface area contributed by atoms with Crippen molar-refractivity contribution in [2.45, 2.75) is 39.7 Å². The van der Waals surface area contributed by atoms with Gasteiger partial charge in [0.2, 0.25) is 5.89 Å². The van der Waals surface area contributed by atoms with Gasteiger partial charge in [0, 0.05) is 44.3 Å². The molecule has 0 unspecified atom stereocenters. The molecule has 3 heterocycles. The zero-order chi connectivity index (χ0) is 19.3. The molecule has 3 rings (SSSR count). The summed E-state index contributed by atoms with van der Waals surface area (Å²) in [6, 6.07) is 6.04. The quantitative estimate of drug-likeness (QED) is 0.397. The minimum atomic E-state index is -0.0404. The monoisotopic (exact) mass is 498 g/mol. The predicted octanol–water partition coefficient (Wildman–Crippen LogP) is 3.27. The van der Waals surface area contributed by atoms with Gasteiger partial charge < -0.3 is 19.5 Å². The second-order valence-electron chi connectivity index (χ2n) is 7.70. The van der Waals surface area contributed by atoms with Crippen LogP contribution in [0.25, 0.3) is 0 Å². The van der Waals surface area contributed by atoms with E-state index in [-0.39, 0.29) is 29.4 Å². The fourth-order valence-electron chi connectivity index (χ4n) is 2.99. The molecule has 1 aliphatic rings. The van der Waals surface area contributed by atoms with E-state index in [1.54, 1.807) is 0 Å². The minimum Gasteiger partial charge on any atom is -0.443 e. The Bertz CT molecular complexity index is 748. The van der Waals surface area contributed by atoms with Gasteiger partial charge in [0.25, 0.3) is 0 Å². The molecule has 0 aromatic carbocycles. The Morgan fingerprint density at radius 3 is 2.50 bits per heavy atom. The first-order chi connectivity index (χ1) is 13.0. The van der Waals surface area contributed by atoms with Crippen LogP contribution in [-0.4, -0.2) is 53.6 Å². The van der Waals surface area contributed by atoms with Crippen molar-refractivity contribution >= 4 is 35.8 Å². The van der Waals surface area contributed by atoms with Crippen molar-refractivity contribution in [3.63, 3.8) is 0 Å². The van der Waals surface area contributed by atoms with Crippen LogP contribution in [0.15, 0.2) is 40.0 Å². The van der Waals surface area contributed by atoms with Gasteiger partial charge in [0.05, 0.1) is 6.20 Å². The number of anilines is 1. The van der Waals surface area contributed by atoms with Gasteiger partial charge in [-0.25, -0.2) is 15.0 Å². The van der Waals surface area contributed by atoms with E-state index in [9.17, 15) is 0 Å². The van der Waals surface area contributed by atoms with Gasteiger partial charge in [-0.05, 0) is 19.1 Å². The first-order valence-electron chi connectivity index (χ1n) is 9.62. The lowest BCUT2D eigenvalue weighted by Gasteiger charge is -2.37. The van der Waals surface area contributed by atoms with Gasteiger partial charge >= 0.3 is 0 Å². The van der Waals surface area contributed by atoms with E-state index in [2.05, 4.69) is 58.8 Å². The number of aliphatic imine (C=N–C) groups is 1. The normalized spacial score (nSPS) is 15.4. The van der Waals surface area contributed by atoms with Gasteiger partial charge in [-0.15, -0.1) is 24.0 Å². The van der Waals surface area contributed by atoms with Crippen molar-refractivity contribution in [3.05, 3.63) is 42.2 Å². The molecule has 1 saturated heterocycles. The highest BCUT2D eigenvalue weighted by Gasteiger charge is 2.21. The standard InChI is InChI=1S/C20H30N6O.HI/c1-5-21-19(24-15-18-23-14-16(27-18)20(2,3)4)26-12-10-25(11-13-26)17-8-6-7-9-22-17;/h6-9,14H,5,10-13,15H2,1-4H3,(H,21,24);1H. The van der Waals surface area contributed by atoms with Crippen LogP contribution in [0.2, 0.25) is 0 Å². The lowest BCUT2D eigenvalue weighted by atomic mass is 9.94. The molecule has 154 valence electrons. The molecule has 8 heteroatoms. The average molecular weight is 498 g/mol. The molecule has 1 fully saturated rings. The van der Waals surface area contributed by atoms with Crippen LogP contribution in [0, 0.1) is 0 Å². The van der Waals surface area contributed by atoms with E-state index in [1.807, 2.05) is 24.5 Å². The van der Waals surface area contributed by atoms with Crippen LogP contribution in [0.4, 0.5) is 5.82 Å². The molecule has 0 atom stereocenters. The summed E-state index contributed by atoms with van der Waals surface area (Å²) in [5.74, 6) is 3.49. The second kappa shape index (κ2) is 10.1. The lowest BCUT2D eigenvalue weighted by Crippen LogP contribution is -2.52. The summed E-state index contributed by atoms with van der Waals surface area (Å²) in [5.41, 5.74) is -0.0404. The van der Waals surface area contributed by atoms with Gasteiger partial charge in [0.15, 0.2) is 5.96 Å². The number of piperazine rings is 1. The third-order valence-corrected chi connectivity index (χ3v) is 4.54. The van der Waals surface area contributed by atoms with Crippen LogP contribution < -0.4 is 10.2 Å².